The van der Waals surface area contributed by atoms with Gasteiger partial charge < -0.3 is 10.7 Å². The monoisotopic (exact) mass is 341 g/mol. The summed E-state index contributed by atoms with van der Waals surface area (Å²) in [7, 11) is -3.31. The average molecular weight is 342 g/mol. The van der Waals surface area contributed by atoms with Crippen LogP contribution in [0.3, 0.4) is 0 Å². The number of halogens is 2. The Hall–Kier alpha value is -0.800. The minimum atomic E-state index is -3.31. The molecular weight excluding hydrogens is 325 g/mol. The highest BCUT2D eigenvalue weighted by Crippen LogP contribution is 2.28. The second-order valence-corrected chi connectivity index (χ2v) is 7.47. The molecule has 20 heavy (non-hydrogen) atoms. The SMILES string of the molecule is CC(C)(CNc1nc(NN)c(Cl)cc1Cl)NS(C)(=O)=O. The van der Waals surface area contributed by atoms with Gasteiger partial charge in [0.25, 0.3) is 0 Å². The Morgan fingerprint density at radius 2 is 1.85 bits per heavy atom. The standard InChI is InChI=1S/C10H17Cl2N5O2S/c1-10(2,17-20(3,18)19)5-14-8-6(11)4-7(12)9(15-8)16-13/h4,17H,5,13H2,1-3H3,(H2,14,15,16). The Balaban J connectivity index is 2.84. The molecule has 1 aromatic rings. The fourth-order valence-electron chi connectivity index (χ4n) is 1.53. The molecule has 0 aliphatic heterocycles. The molecule has 0 bridgehead atoms. The minimum absolute atomic E-state index is 0.271. The van der Waals surface area contributed by atoms with E-state index in [1.165, 1.54) is 6.07 Å². The molecule has 5 N–H and O–H groups in total. The Bertz CT molecular complexity index is 592. The van der Waals surface area contributed by atoms with Gasteiger partial charge in [-0.05, 0) is 19.9 Å². The van der Waals surface area contributed by atoms with Crippen LogP contribution in [0.1, 0.15) is 13.8 Å². The molecule has 1 aromatic heterocycles. The Morgan fingerprint density at radius 1 is 1.30 bits per heavy atom. The maximum atomic E-state index is 11.2. The molecular formula is C10H17Cl2N5O2S. The van der Waals surface area contributed by atoms with E-state index in [1.54, 1.807) is 13.8 Å². The molecule has 114 valence electrons. The van der Waals surface area contributed by atoms with Gasteiger partial charge in [0.15, 0.2) is 5.82 Å². The Labute approximate surface area is 128 Å². The van der Waals surface area contributed by atoms with Gasteiger partial charge in [0, 0.05) is 12.1 Å². The summed E-state index contributed by atoms with van der Waals surface area (Å²) >= 11 is 11.9. The van der Waals surface area contributed by atoms with Crippen molar-refractivity contribution in [1.29, 1.82) is 0 Å². The lowest BCUT2D eigenvalue weighted by atomic mass is 10.1. The molecule has 10 heteroatoms. The number of hydrazine groups is 1. The first-order valence-electron chi connectivity index (χ1n) is 5.59. The van der Waals surface area contributed by atoms with E-state index in [9.17, 15) is 8.42 Å². The fraction of sp³-hybridized carbons (Fsp3) is 0.500. The highest BCUT2D eigenvalue weighted by atomic mass is 35.5. The highest BCUT2D eigenvalue weighted by molar-refractivity contribution is 7.88. The molecule has 0 atom stereocenters. The molecule has 0 aromatic carbocycles. The zero-order valence-corrected chi connectivity index (χ0v) is 13.6. The van der Waals surface area contributed by atoms with Crippen molar-refractivity contribution < 1.29 is 8.42 Å². The van der Waals surface area contributed by atoms with Gasteiger partial charge in [-0.2, -0.15) is 0 Å². The van der Waals surface area contributed by atoms with Crippen LogP contribution < -0.4 is 21.3 Å². The van der Waals surface area contributed by atoms with E-state index < -0.39 is 15.6 Å². The second kappa shape index (κ2) is 6.31. The predicted octanol–water partition coefficient (Wildman–Crippen LogP) is 1.41. The molecule has 0 fully saturated rings. The van der Waals surface area contributed by atoms with Gasteiger partial charge in [0.05, 0.1) is 16.3 Å². The summed E-state index contributed by atoms with van der Waals surface area (Å²) in [6.45, 7) is 3.73. The number of nitrogen functional groups attached to an aromatic ring is 1. The molecule has 1 rings (SSSR count). The smallest absolute Gasteiger partial charge is 0.209 e. The molecule has 0 saturated carbocycles. The molecule has 0 amide bonds. The van der Waals surface area contributed by atoms with Crippen molar-refractivity contribution in [2.75, 3.05) is 23.5 Å². The summed E-state index contributed by atoms with van der Waals surface area (Å²) in [5, 5.41) is 3.55. The molecule has 0 spiro atoms. The number of aromatic nitrogens is 1. The van der Waals surface area contributed by atoms with Crippen LogP contribution in [0.5, 0.6) is 0 Å². The van der Waals surface area contributed by atoms with Crippen molar-refractivity contribution in [3.8, 4) is 0 Å². The summed E-state index contributed by atoms with van der Waals surface area (Å²) in [6.07, 6.45) is 1.10. The lowest BCUT2D eigenvalue weighted by Gasteiger charge is -2.26. The molecule has 7 nitrogen and oxygen atoms in total. The summed E-state index contributed by atoms with van der Waals surface area (Å²) in [5.74, 6) is 5.90. The highest BCUT2D eigenvalue weighted by Gasteiger charge is 2.22. The Morgan fingerprint density at radius 3 is 2.35 bits per heavy atom. The molecule has 0 aliphatic rings. The third kappa shape index (κ3) is 5.29. The fourth-order valence-corrected chi connectivity index (χ4v) is 3.09. The van der Waals surface area contributed by atoms with Crippen molar-refractivity contribution >= 4 is 44.9 Å². The number of anilines is 2. The second-order valence-electron chi connectivity index (χ2n) is 4.91. The van der Waals surface area contributed by atoms with Crippen LogP contribution in [0.2, 0.25) is 10.0 Å². The maximum Gasteiger partial charge on any atom is 0.209 e. The first-order chi connectivity index (χ1) is 9.04. The van der Waals surface area contributed by atoms with Crippen LogP contribution in [0.15, 0.2) is 6.07 Å². The van der Waals surface area contributed by atoms with Crippen LogP contribution in [0.4, 0.5) is 11.6 Å². The van der Waals surface area contributed by atoms with Crippen LogP contribution in [0, 0.1) is 0 Å². The first-order valence-corrected chi connectivity index (χ1v) is 8.24. The van der Waals surface area contributed by atoms with Gasteiger partial charge in [0.2, 0.25) is 10.0 Å². The van der Waals surface area contributed by atoms with Crippen LogP contribution >= 0.6 is 23.2 Å². The number of nitrogens with one attached hydrogen (secondary N) is 3. The normalized spacial score (nSPS) is 12.3. The van der Waals surface area contributed by atoms with Crippen LogP contribution in [0.25, 0.3) is 0 Å². The molecule has 0 saturated heterocycles. The largest absolute Gasteiger partial charge is 0.367 e. The minimum Gasteiger partial charge on any atom is -0.367 e. The first kappa shape index (κ1) is 17.3. The topological polar surface area (TPSA) is 109 Å². The van der Waals surface area contributed by atoms with Crippen molar-refractivity contribution in [3.05, 3.63) is 16.1 Å². The predicted molar refractivity (Wildman–Crippen MR) is 82.6 cm³/mol. The van der Waals surface area contributed by atoms with E-state index in [0.717, 1.165) is 6.26 Å². The van der Waals surface area contributed by atoms with Gasteiger partial charge in [0.1, 0.15) is 5.82 Å². The Kier molecular flexibility index (Phi) is 5.45. The number of nitrogens with two attached hydrogens (primary N) is 1. The van der Waals surface area contributed by atoms with Gasteiger partial charge in [-0.3, -0.25) is 0 Å². The van der Waals surface area contributed by atoms with Crippen molar-refractivity contribution in [3.63, 3.8) is 0 Å². The maximum absolute atomic E-state index is 11.2. The van der Waals surface area contributed by atoms with E-state index in [2.05, 4.69) is 20.4 Å². The number of hydrogen-bond acceptors (Lipinski definition) is 6. The zero-order valence-electron chi connectivity index (χ0n) is 11.3. The van der Waals surface area contributed by atoms with Crippen molar-refractivity contribution in [2.24, 2.45) is 5.84 Å². The quantitative estimate of drug-likeness (QED) is 0.460. The lowest BCUT2D eigenvalue weighted by molar-refractivity contribution is 0.476. The molecule has 1 heterocycles. The lowest BCUT2D eigenvalue weighted by Crippen LogP contribution is -2.47. The summed E-state index contributed by atoms with van der Waals surface area (Å²) in [4.78, 5) is 4.10. The summed E-state index contributed by atoms with van der Waals surface area (Å²) in [5.41, 5.74) is 1.63. The number of rotatable bonds is 6. The molecule has 0 radical (unpaired) electrons. The third-order valence-electron chi connectivity index (χ3n) is 2.23. The van der Waals surface area contributed by atoms with E-state index >= 15 is 0 Å². The van der Waals surface area contributed by atoms with Crippen LogP contribution in [-0.2, 0) is 10.0 Å². The number of nitrogens with zero attached hydrogens (tertiary/aromatic N) is 1. The van der Waals surface area contributed by atoms with E-state index in [1.807, 2.05) is 0 Å². The van der Waals surface area contributed by atoms with E-state index in [0.29, 0.717) is 10.8 Å². The van der Waals surface area contributed by atoms with Gasteiger partial charge in [-0.25, -0.2) is 24.0 Å². The number of pyridine rings is 1. The van der Waals surface area contributed by atoms with Crippen molar-refractivity contribution in [1.82, 2.24) is 9.71 Å². The average Bonchev–Trinajstić information content (AvgIpc) is 2.24. The third-order valence-corrected chi connectivity index (χ3v) is 3.73. The summed E-state index contributed by atoms with van der Waals surface area (Å²) < 4.78 is 25.0. The molecule has 0 unspecified atom stereocenters. The van der Waals surface area contributed by atoms with Gasteiger partial charge in [-0.1, -0.05) is 23.2 Å². The summed E-state index contributed by atoms with van der Waals surface area (Å²) in [6, 6.07) is 1.49. The molecule has 0 aliphatic carbocycles. The van der Waals surface area contributed by atoms with E-state index in [4.69, 9.17) is 29.0 Å². The van der Waals surface area contributed by atoms with E-state index in [-0.39, 0.29) is 17.4 Å². The zero-order chi connectivity index (χ0) is 15.6. The van der Waals surface area contributed by atoms with Crippen molar-refractivity contribution in [2.45, 2.75) is 19.4 Å². The van der Waals surface area contributed by atoms with Gasteiger partial charge >= 0.3 is 0 Å². The number of sulfonamides is 1. The number of hydrogen-bond donors (Lipinski definition) is 4. The van der Waals surface area contributed by atoms with Gasteiger partial charge in [-0.15, -0.1) is 0 Å². The van der Waals surface area contributed by atoms with Crippen LogP contribution in [-0.4, -0.2) is 31.7 Å².